The Morgan fingerprint density at radius 2 is 1.35 bits per heavy atom. The molecular formula is C11H8I2N2S2. The van der Waals surface area contributed by atoms with Crippen LogP contribution < -0.4 is 9.80 Å². The van der Waals surface area contributed by atoms with Crippen molar-refractivity contribution < 1.29 is 0 Å². The molecule has 0 aromatic carbocycles. The van der Waals surface area contributed by atoms with Gasteiger partial charge in [-0.3, -0.25) is 0 Å². The second kappa shape index (κ2) is 3.97. The molecule has 0 saturated heterocycles. The summed E-state index contributed by atoms with van der Waals surface area (Å²) in [6.45, 7) is 3.22. The Morgan fingerprint density at radius 3 is 1.82 bits per heavy atom. The maximum atomic E-state index is 2.51. The maximum Gasteiger partial charge on any atom is 0.0911 e. The van der Waals surface area contributed by atoms with E-state index in [0.29, 0.717) is 0 Å². The van der Waals surface area contributed by atoms with Crippen LogP contribution in [0.25, 0.3) is 0 Å². The second-order valence-corrected chi connectivity index (χ2v) is 10.3. The Kier molecular flexibility index (Phi) is 2.64. The van der Waals surface area contributed by atoms with Gasteiger partial charge >= 0.3 is 0 Å². The summed E-state index contributed by atoms with van der Waals surface area (Å²) in [5.74, 6) is 0. The van der Waals surface area contributed by atoms with E-state index in [0.717, 1.165) is 19.8 Å². The van der Waals surface area contributed by atoms with Crippen LogP contribution in [-0.2, 0) is 13.1 Å². The Hall–Kier alpha value is 0.460. The summed E-state index contributed by atoms with van der Waals surface area (Å²) in [7, 11) is 0. The number of hydrogen-bond acceptors (Lipinski definition) is 4. The van der Waals surface area contributed by atoms with Crippen molar-refractivity contribution in [1.82, 2.24) is 0 Å². The average molecular weight is 486 g/mol. The number of halogens is 2. The van der Waals surface area contributed by atoms with Crippen molar-refractivity contribution in [2.45, 2.75) is 13.1 Å². The summed E-state index contributed by atoms with van der Waals surface area (Å²) >= 11 is 8.73. The first-order valence-electron chi connectivity index (χ1n) is 5.27. The van der Waals surface area contributed by atoms with E-state index in [2.05, 4.69) is 67.1 Å². The fraction of sp³-hybridized carbons (Fsp3) is 0.273. The first-order chi connectivity index (χ1) is 8.20. The summed E-state index contributed by atoms with van der Waals surface area (Å²) in [4.78, 5) is 8.05. The van der Waals surface area contributed by atoms with Crippen LogP contribution in [0.1, 0.15) is 9.75 Å². The molecule has 0 N–H and O–H groups in total. The van der Waals surface area contributed by atoms with E-state index in [1.54, 1.807) is 0 Å². The van der Waals surface area contributed by atoms with Gasteiger partial charge in [-0.05, 0) is 57.3 Å². The van der Waals surface area contributed by atoms with E-state index in [4.69, 9.17) is 0 Å². The Bertz CT molecular complexity index is 552. The van der Waals surface area contributed by atoms with Gasteiger partial charge in [-0.2, -0.15) is 0 Å². The fourth-order valence-corrected chi connectivity index (χ4v) is 6.53. The Labute approximate surface area is 135 Å². The third kappa shape index (κ3) is 1.74. The molecule has 0 unspecified atom stereocenters. The van der Waals surface area contributed by atoms with Gasteiger partial charge in [0.1, 0.15) is 0 Å². The molecule has 0 aliphatic carbocycles. The fourth-order valence-electron chi connectivity index (χ4n) is 2.51. The van der Waals surface area contributed by atoms with Crippen molar-refractivity contribution >= 4 is 79.2 Å². The summed E-state index contributed by atoms with van der Waals surface area (Å²) < 4.78 is 2.80. The lowest BCUT2D eigenvalue weighted by Gasteiger charge is -2.42. The zero-order valence-electron chi connectivity index (χ0n) is 8.74. The molecule has 4 rings (SSSR count). The highest BCUT2D eigenvalue weighted by Crippen LogP contribution is 2.44. The van der Waals surface area contributed by atoms with Crippen LogP contribution in [0, 0.1) is 5.77 Å². The van der Waals surface area contributed by atoms with E-state index >= 15 is 0 Å². The SMILES string of the molecule is Ic1cc2c(s1)CN1CN2Cc2sc(I)cc21. The molecule has 2 bridgehead atoms. The van der Waals surface area contributed by atoms with Crippen molar-refractivity contribution in [1.29, 1.82) is 0 Å². The zero-order chi connectivity index (χ0) is 11.6. The van der Waals surface area contributed by atoms with E-state index in [-0.39, 0.29) is 0 Å². The molecule has 4 heterocycles. The van der Waals surface area contributed by atoms with Crippen molar-refractivity contribution in [2.24, 2.45) is 0 Å². The van der Waals surface area contributed by atoms with Gasteiger partial charge in [-0.25, -0.2) is 0 Å². The molecule has 17 heavy (non-hydrogen) atoms. The molecule has 2 aliphatic heterocycles. The lowest BCUT2D eigenvalue weighted by molar-refractivity contribution is 0.666. The van der Waals surface area contributed by atoms with Gasteiger partial charge in [0, 0.05) is 9.75 Å². The molecule has 2 aromatic rings. The van der Waals surface area contributed by atoms with Crippen molar-refractivity contribution in [2.75, 3.05) is 16.5 Å². The van der Waals surface area contributed by atoms with E-state index < -0.39 is 0 Å². The van der Waals surface area contributed by atoms with Crippen LogP contribution in [0.5, 0.6) is 0 Å². The monoisotopic (exact) mass is 486 g/mol. The van der Waals surface area contributed by atoms with E-state index in [9.17, 15) is 0 Å². The van der Waals surface area contributed by atoms with Gasteiger partial charge in [0.05, 0.1) is 36.9 Å². The molecule has 0 radical (unpaired) electrons. The van der Waals surface area contributed by atoms with Crippen LogP contribution in [0.2, 0.25) is 0 Å². The number of thiophene rings is 2. The highest BCUT2D eigenvalue weighted by Gasteiger charge is 2.31. The summed E-state index contributed by atoms with van der Waals surface area (Å²) in [5, 5.41) is 0. The highest BCUT2D eigenvalue weighted by atomic mass is 127. The predicted octanol–water partition coefficient (Wildman–Crippen LogP) is 4.32. The second-order valence-electron chi connectivity index (χ2n) is 4.26. The van der Waals surface area contributed by atoms with Gasteiger partial charge in [0.2, 0.25) is 0 Å². The number of anilines is 2. The topological polar surface area (TPSA) is 6.48 Å². The predicted molar refractivity (Wildman–Crippen MR) is 91.3 cm³/mol. The maximum absolute atomic E-state index is 2.51. The number of nitrogens with zero attached hydrogens (tertiary/aromatic N) is 2. The molecular weight excluding hydrogens is 478 g/mol. The van der Waals surface area contributed by atoms with Crippen LogP contribution in [-0.4, -0.2) is 6.67 Å². The highest BCUT2D eigenvalue weighted by molar-refractivity contribution is 14.1. The van der Waals surface area contributed by atoms with Gasteiger partial charge in [0.15, 0.2) is 0 Å². The van der Waals surface area contributed by atoms with Gasteiger partial charge in [0.25, 0.3) is 0 Å². The van der Waals surface area contributed by atoms with Crippen LogP contribution >= 0.6 is 67.9 Å². The summed E-state index contributed by atoms with van der Waals surface area (Å²) in [5.41, 5.74) is 2.93. The number of hydrogen-bond donors (Lipinski definition) is 0. The number of fused-ring (bicyclic) bond motifs is 6. The molecule has 6 heteroatoms. The number of rotatable bonds is 0. The summed E-state index contributed by atoms with van der Waals surface area (Å²) in [6, 6.07) is 4.67. The van der Waals surface area contributed by atoms with E-state index in [1.165, 1.54) is 26.9 Å². The molecule has 0 amide bonds. The third-order valence-electron chi connectivity index (χ3n) is 3.20. The van der Waals surface area contributed by atoms with Gasteiger partial charge in [-0.1, -0.05) is 0 Å². The average Bonchev–Trinajstić information content (AvgIpc) is 2.81. The van der Waals surface area contributed by atoms with Crippen LogP contribution in [0.3, 0.4) is 0 Å². The zero-order valence-corrected chi connectivity index (χ0v) is 14.7. The molecule has 2 nitrogen and oxygen atoms in total. The molecule has 0 fully saturated rings. The molecule has 88 valence electrons. The summed E-state index contributed by atoms with van der Waals surface area (Å²) in [6.07, 6.45) is 0. The minimum Gasteiger partial charge on any atom is -0.348 e. The molecule has 2 aromatic heterocycles. The standard InChI is InChI=1S/C11H8I2N2S2/c12-10-1-6-8(16-10)3-15-5-14(6)4-9-7(15)2-11(13)17-9/h1-2H,3-5H2. The van der Waals surface area contributed by atoms with Gasteiger partial charge < -0.3 is 9.80 Å². The third-order valence-corrected chi connectivity index (χ3v) is 6.94. The minimum atomic E-state index is 1.06. The lowest BCUT2D eigenvalue weighted by atomic mass is 10.2. The largest absolute Gasteiger partial charge is 0.348 e. The Balaban J connectivity index is 1.85. The van der Waals surface area contributed by atoms with Crippen LogP contribution in [0.15, 0.2) is 12.1 Å². The van der Waals surface area contributed by atoms with Crippen molar-refractivity contribution in [3.05, 3.63) is 27.7 Å². The minimum absolute atomic E-state index is 1.06. The normalized spacial score (nSPS) is 17.1. The Morgan fingerprint density at radius 1 is 0.882 bits per heavy atom. The van der Waals surface area contributed by atoms with E-state index in [1.807, 2.05) is 22.7 Å². The molecule has 0 saturated carbocycles. The first-order valence-corrected chi connectivity index (χ1v) is 9.06. The van der Waals surface area contributed by atoms with Crippen LogP contribution in [0.4, 0.5) is 11.4 Å². The smallest absolute Gasteiger partial charge is 0.0911 e. The van der Waals surface area contributed by atoms with Crippen molar-refractivity contribution in [3.63, 3.8) is 0 Å². The van der Waals surface area contributed by atoms with Crippen molar-refractivity contribution in [3.8, 4) is 0 Å². The lowest BCUT2D eigenvalue weighted by Crippen LogP contribution is -2.44. The quantitative estimate of drug-likeness (QED) is 0.513. The molecule has 0 atom stereocenters. The molecule has 0 spiro atoms. The molecule has 2 aliphatic rings. The van der Waals surface area contributed by atoms with Gasteiger partial charge in [-0.15, -0.1) is 22.7 Å². The first kappa shape index (κ1) is 11.3.